The zero-order valence-electron chi connectivity index (χ0n) is 17.1. The first kappa shape index (κ1) is 20.9. The topological polar surface area (TPSA) is 64.0 Å². The Balaban J connectivity index is 1.35. The number of aromatic nitrogens is 2. The summed E-state index contributed by atoms with van der Waals surface area (Å²) in [7, 11) is 0. The number of thioether (sulfide) groups is 1. The Morgan fingerprint density at radius 1 is 1.19 bits per heavy atom. The number of nitrogens with one attached hydrogen (secondary N) is 1. The van der Waals surface area contributed by atoms with Crippen LogP contribution in [-0.2, 0) is 17.8 Å². The van der Waals surface area contributed by atoms with Crippen LogP contribution < -0.4 is 10.9 Å². The predicted octanol–water partition coefficient (Wildman–Crippen LogP) is 4.54. The van der Waals surface area contributed by atoms with Crippen molar-refractivity contribution in [2.45, 2.75) is 30.6 Å². The van der Waals surface area contributed by atoms with Gasteiger partial charge in [-0.05, 0) is 53.1 Å². The van der Waals surface area contributed by atoms with Gasteiger partial charge in [-0.1, -0.05) is 48.2 Å². The number of rotatable bonds is 6. The van der Waals surface area contributed by atoms with E-state index < -0.39 is 0 Å². The van der Waals surface area contributed by atoms with Crippen molar-refractivity contribution in [2.75, 3.05) is 5.75 Å². The summed E-state index contributed by atoms with van der Waals surface area (Å²) in [6.07, 6.45) is 1.85. The van der Waals surface area contributed by atoms with Gasteiger partial charge in [0, 0.05) is 0 Å². The van der Waals surface area contributed by atoms with Crippen molar-refractivity contribution in [3.05, 3.63) is 92.8 Å². The van der Waals surface area contributed by atoms with Crippen LogP contribution in [0.15, 0.2) is 69.9 Å². The van der Waals surface area contributed by atoms with Crippen LogP contribution in [0, 0.1) is 5.82 Å². The maximum Gasteiger partial charge on any atom is 0.272 e. The fourth-order valence-corrected chi connectivity index (χ4v) is 5.61. The van der Waals surface area contributed by atoms with Gasteiger partial charge in [0.25, 0.3) is 5.56 Å². The van der Waals surface area contributed by atoms with Crippen LogP contribution in [0.3, 0.4) is 0 Å². The van der Waals surface area contributed by atoms with Crippen LogP contribution in [-0.4, -0.2) is 21.2 Å². The summed E-state index contributed by atoms with van der Waals surface area (Å²) < 4.78 is 15.4. The number of aryl methyl sites for hydroxylation is 1. The number of carbonyl (C=O) groups is 1. The van der Waals surface area contributed by atoms with Crippen molar-refractivity contribution in [3.63, 3.8) is 0 Å². The van der Waals surface area contributed by atoms with E-state index in [-0.39, 0.29) is 35.6 Å². The molecule has 1 atom stereocenters. The van der Waals surface area contributed by atoms with Crippen LogP contribution in [0.4, 0.5) is 4.39 Å². The van der Waals surface area contributed by atoms with Crippen LogP contribution in [0.1, 0.15) is 29.2 Å². The summed E-state index contributed by atoms with van der Waals surface area (Å²) in [5.41, 5.74) is 3.73. The van der Waals surface area contributed by atoms with E-state index in [1.807, 2.05) is 23.6 Å². The van der Waals surface area contributed by atoms with Gasteiger partial charge >= 0.3 is 0 Å². The standard InChI is InChI=1S/C24H20FN3O2S2/c25-17-8-5-15(6-9-17)13-28-23(30)22-20(11-12-31-22)27-24(28)32-14-21(29)26-19-10-7-16-3-1-2-4-18(16)19/h1-6,8-9,11-12,19H,7,10,13-14H2,(H,26,29)/t19-/m1/s1. The molecule has 1 amide bonds. The maximum absolute atomic E-state index is 13.3. The number of amides is 1. The first-order valence-corrected chi connectivity index (χ1v) is 12.2. The Bertz CT molecular complexity index is 1350. The van der Waals surface area contributed by atoms with Crippen molar-refractivity contribution >= 4 is 39.2 Å². The monoisotopic (exact) mass is 465 g/mol. The summed E-state index contributed by atoms with van der Waals surface area (Å²) in [5.74, 6) is -0.262. The molecule has 8 heteroatoms. The Hall–Kier alpha value is -2.97. The maximum atomic E-state index is 13.3. The minimum atomic E-state index is -0.326. The lowest BCUT2D eigenvalue weighted by Gasteiger charge is -2.15. The van der Waals surface area contributed by atoms with Crippen LogP contribution in [0.25, 0.3) is 10.2 Å². The average Bonchev–Trinajstić information content (AvgIpc) is 3.43. The second-order valence-electron chi connectivity index (χ2n) is 7.69. The molecule has 2 aromatic carbocycles. The molecular formula is C24H20FN3O2S2. The van der Waals surface area contributed by atoms with Gasteiger partial charge in [0.2, 0.25) is 5.91 Å². The minimum absolute atomic E-state index is 0.0213. The number of nitrogens with zero attached hydrogens (tertiary/aromatic N) is 2. The van der Waals surface area contributed by atoms with E-state index in [4.69, 9.17) is 0 Å². The molecule has 0 spiro atoms. The first-order chi connectivity index (χ1) is 15.6. The van der Waals surface area contributed by atoms with E-state index in [0.29, 0.717) is 15.4 Å². The summed E-state index contributed by atoms with van der Waals surface area (Å²) in [6.45, 7) is 0.264. The highest BCUT2D eigenvalue weighted by molar-refractivity contribution is 7.99. The minimum Gasteiger partial charge on any atom is -0.349 e. The average molecular weight is 466 g/mol. The third-order valence-corrected chi connectivity index (χ3v) is 7.45. The molecule has 0 unspecified atom stereocenters. The first-order valence-electron chi connectivity index (χ1n) is 10.3. The van der Waals surface area contributed by atoms with Gasteiger partial charge in [-0.2, -0.15) is 0 Å². The highest BCUT2D eigenvalue weighted by Gasteiger charge is 2.23. The molecule has 162 valence electrons. The molecule has 1 aliphatic rings. The van der Waals surface area contributed by atoms with Crippen LogP contribution >= 0.6 is 23.1 Å². The zero-order valence-corrected chi connectivity index (χ0v) is 18.7. The summed E-state index contributed by atoms with van der Waals surface area (Å²) >= 11 is 2.59. The number of hydrogen-bond acceptors (Lipinski definition) is 5. The second kappa shape index (κ2) is 8.88. The van der Waals surface area contributed by atoms with Crippen molar-refractivity contribution < 1.29 is 9.18 Å². The molecule has 0 saturated carbocycles. The van der Waals surface area contributed by atoms with E-state index in [2.05, 4.69) is 22.4 Å². The number of halogens is 1. The predicted molar refractivity (Wildman–Crippen MR) is 126 cm³/mol. The third-order valence-electron chi connectivity index (χ3n) is 5.59. The van der Waals surface area contributed by atoms with Crippen LogP contribution in [0.2, 0.25) is 0 Å². The fraction of sp³-hybridized carbons (Fsp3) is 0.208. The Morgan fingerprint density at radius 2 is 2.00 bits per heavy atom. The Morgan fingerprint density at radius 3 is 2.84 bits per heavy atom. The molecule has 5 rings (SSSR count). The van der Waals surface area contributed by atoms with Crippen molar-refractivity contribution in [2.24, 2.45) is 0 Å². The molecule has 0 radical (unpaired) electrons. The molecule has 0 saturated heterocycles. The molecule has 32 heavy (non-hydrogen) atoms. The SMILES string of the molecule is O=C(CSc1nc2ccsc2c(=O)n1Cc1ccc(F)cc1)N[C@@H]1CCc2ccccc21. The molecule has 0 bridgehead atoms. The largest absolute Gasteiger partial charge is 0.349 e. The Labute approximate surface area is 192 Å². The molecule has 5 nitrogen and oxygen atoms in total. The highest BCUT2D eigenvalue weighted by Crippen LogP contribution is 2.31. The normalized spacial score (nSPS) is 15.1. The van der Waals surface area contributed by atoms with Gasteiger partial charge in [0.15, 0.2) is 5.16 Å². The second-order valence-corrected chi connectivity index (χ2v) is 9.55. The van der Waals surface area contributed by atoms with Crippen molar-refractivity contribution in [3.8, 4) is 0 Å². The summed E-state index contributed by atoms with van der Waals surface area (Å²) in [6, 6.07) is 16.1. The number of thiophene rings is 1. The zero-order chi connectivity index (χ0) is 22.1. The summed E-state index contributed by atoms with van der Waals surface area (Å²) in [4.78, 5) is 30.4. The van der Waals surface area contributed by atoms with Gasteiger partial charge in [0.05, 0.1) is 23.9 Å². The lowest BCUT2D eigenvalue weighted by atomic mass is 10.1. The third kappa shape index (κ3) is 4.20. The molecular weight excluding hydrogens is 445 g/mol. The van der Waals surface area contributed by atoms with E-state index in [0.717, 1.165) is 18.4 Å². The number of carbonyl (C=O) groups excluding carboxylic acids is 1. The van der Waals surface area contributed by atoms with Crippen LogP contribution in [0.5, 0.6) is 0 Å². The molecule has 1 aliphatic carbocycles. The molecule has 0 aliphatic heterocycles. The van der Waals surface area contributed by atoms with Crippen molar-refractivity contribution in [1.82, 2.24) is 14.9 Å². The van der Waals surface area contributed by atoms with Gasteiger partial charge < -0.3 is 5.32 Å². The lowest BCUT2D eigenvalue weighted by molar-refractivity contribution is -0.119. The fourth-order valence-electron chi connectivity index (χ4n) is 4.02. The van der Waals surface area contributed by atoms with Crippen molar-refractivity contribution in [1.29, 1.82) is 0 Å². The lowest BCUT2D eigenvalue weighted by Crippen LogP contribution is -2.29. The van der Waals surface area contributed by atoms with E-state index in [1.54, 1.807) is 16.7 Å². The molecule has 4 aromatic rings. The molecule has 2 heterocycles. The van der Waals surface area contributed by atoms with Gasteiger partial charge in [-0.3, -0.25) is 14.2 Å². The van der Waals surface area contributed by atoms with Gasteiger partial charge in [0.1, 0.15) is 10.5 Å². The smallest absolute Gasteiger partial charge is 0.272 e. The van der Waals surface area contributed by atoms with Gasteiger partial charge in [-0.25, -0.2) is 9.37 Å². The summed E-state index contributed by atoms with van der Waals surface area (Å²) in [5, 5.41) is 5.43. The number of hydrogen-bond donors (Lipinski definition) is 1. The quantitative estimate of drug-likeness (QED) is 0.335. The van der Waals surface area contributed by atoms with E-state index in [1.165, 1.54) is 46.4 Å². The molecule has 1 N–H and O–H groups in total. The number of fused-ring (bicyclic) bond motifs is 2. The highest BCUT2D eigenvalue weighted by atomic mass is 32.2. The Kier molecular flexibility index (Phi) is 5.80. The number of benzene rings is 2. The van der Waals surface area contributed by atoms with Gasteiger partial charge in [-0.15, -0.1) is 11.3 Å². The van der Waals surface area contributed by atoms with E-state index >= 15 is 0 Å². The van der Waals surface area contributed by atoms with E-state index in [9.17, 15) is 14.0 Å². The molecule has 2 aromatic heterocycles. The molecule has 0 fully saturated rings.